The van der Waals surface area contributed by atoms with Gasteiger partial charge in [0.15, 0.2) is 0 Å². The van der Waals surface area contributed by atoms with Crippen LogP contribution in [0.4, 0.5) is 10.1 Å². The van der Waals surface area contributed by atoms with Gasteiger partial charge >= 0.3 is 0 Å². The largest absolute Gasteiger partial charge is 0.397 e. The molecule has 0 unspecified atom stereocenters. The molecule has 0 saturated carbocycles. The lowest BCUT2D eigenvalue weighted by atomic mass is 10.1. The fourth-order valence-electron chi connectivity index (χ4n) is 1.25. The molecule has 2 N–H and O–H groups in total. The lowest BCUT2D eigenvalue weighted by Gasteiger charge is -2.03. The molecule has 15 heavy (non-hydrogen) atoms. The number of nitrogens with two attached hydrogens (primary N) is 1. The SMILES string of the molecule is CC.Cc1c(F)cc(N)c2nccnc12. The predicted octanol–water partition coefficient (Wildman–Crippen LogP) is 2.69. The highest BCUT2D eigenvalue weighted by Crippen LogP contribution is 2.22. The third-order valence-electron chi connectivity index (χ3n) is 1.97. The zero-order valence-electron chi connectivity index (χ0n) is 9.08. The Labute approximate surface area is 88.2 Å². The van der Waals surface area contributed by atoms with Gasteiger partial charge in [0.25, 0.3) is 0 Å². The van der Waals surface area contributed by atoms with E-state index in [4.69, 9.17) is 5.73 Å². The molecular formula is C11H14FN3. The minimum Gasteiger partial charge on any atom is -0.397 e. The van der Waals surface area contributed by atoms with Crippen LogP contribution in [0.15, 0.2) is 18.5 Å². The summed E-state index contributed by atoms with van der Waals surface area (Å²) in [6.45, 7) is 5.66. The van der Waals surface area contributed by atoms with Crippen LogP contribution in [-0.2, 0) is 0 Å². The molecule has 1 aromatic heterocycles. The summed E-state index contributed by atoms with van der Waals surface area (Å²) in [6, 6.07) is 1.27. The molecule has 0 atom stereocenters. The Balaban J connectivity index is 0.000000531. The van der Waals surface area contributed by atoms with Gasteiger partial charge in [-0.15, -0.1) is 0 Å². The van der Waals surface area contributed by atoms with Crippen molar-refractivity contribution in [2.45, 2.75) is 20.8 Å². The second-order valence-electron chi connectivity index (χ2n) is 2.83. The molecule has 0 amide bonds. The third kappa shape index (κ3) is 2.03. The van der Waals surface area contributed by atoms with Gasteiger partial charge in [0, 0.05) is 18.0 Å². The van der Waals surface area contributed by atoms with Crippen molar-refractivity contribution in [3.8, 4) is 0 Å². The first kappa shape index (κ1) is 11.4. The lowest BCUT2D eigenvalue weighted by molar-refractivity contribution is 0.621. The molecule has 0 bridgehead atoms. The summed E-state index contributed by atoms with van der Waals surface area (Å²) >= 11 is 0. The normalized spacial score (nSPS) is 9.60. The fourth-order valence-corrected chi connectivity index (χ4v) is 1.25. The Morgan fingerprint density at radius 3 is 2.27 bits per heavy atom. The van der Waals surface area contributed by atoms with Crippen molar-refractivity contribution in [1.29, 1.82) is 0 Å². The van der Waals surface area contributed by atoms with E-state index in [2.05, 4.69) is 9.97 Å². The van der Waals surface area contributed by atoms with Gasteiger partial charge in [0.1, 0.15) is 11.3 Å². The number of aromatic nitrogens is 2. The Kier molecular flexibility index (Phi) is 3.55. The van der Waals surface area contributed by atoms with Crippen molar-refractivity contribution < 1.29 is 4.39 Å². The van der Waals surface area contributed by atoms with Crippen LogP contribution in [0.25, 0.3) is 11.0 Å². The van der Waals surface area contributed by atoms with Crippen LogP contribution in [0.2, 0.25) is 0 Å². The van der Waals surface area contributed by atoms with Crippen molar-refractivity contribution in [1.82, 2.24) is 9.97 Å². The van der Waals surface area contributed by atoms with E-state index in [0.29, 0.717) is 22.3 Å². The van der Waals surface area contributed by atoms with Gasteiger partial charge in [0.2, 0.25) is 0 Å². The number of nitrogen functional groups attached to an aromatic ring is 1. The molecule has 0 radical (unpaired) electrons. The Bertz CT molecular complexity index is 469. The van der Waals surface area contributed by atoms with Crippen LogP contribution < -0.4 is 5.73 Å². The molecular weight excluding hydrogens is 193 g/mol. The van der Waals surface area contributed by atoms with Crippen molar-refractivity contribution in [3.63, 3.8) is 0 Å². The maximum atomic E-state index is 13.2. The van der Waals surface area contributed by atoms with Crippen LogP contribution in [-0.4, -0.2) is 9.97 Å². The van der Waals surface area contributed by atoms with E-state index in [1.165, 1.54) is 18.5 Å². The monoisotopic (exact) mass is 207 g/mol. The fraction of sp³-hybridized carbons (Fsp3) is 0.273. The topological polar surface area (TPSA) is 51.8 Å². The zero-order valence-corrected chi connectivity index (χ0v) is 9.08. The van der Waals surface area contributed by atoms with Crippen LogP contribution in [0, 0.1) is 12.7 Å². The van der Waals surface area contributed by atoms with Crippen molar-refractivity contribution >= 4 is 16.7 Å². The van der Waals surface area contributed by atoms with Crippen molar-refractivity contribution in [2.24, 2.45) is 0 Å². The summed E-state index contributed by atoms with van der Waals surface area (Å²) in [6.07, 6.45) is 3.06. The minimum absolute atomic E-state index is 0.325. The molecule has 3 nitrogen and oxygen atoms in total. The van der Waals surface area contributed by atoms with E-state index in [-0.39, 0.29) is 5.82 Å². The summed E-state index contributed by atoms with van der Waals surface area (Å²) in [4.78, 5) is 8.05. The molecule has 0 saturated heterocycles. The Hall–Kier alpha value is -1.71. The maximum absolute atomic E-state index is 13.2. The van der Waals surface area contributed by atoms with E-state index < -0.39 is 0 Å². The number of rotatable bonds is 0. The molecule has 1 heterocycles. The van der Waals surface area contributed by atoms with E-state index in [1.807, 2.05) is 13.8 Å². The number of nitrogens with zero attached hydrogens (tertiary/aromatic N) is 2. The predicted molar refractivity (Wildman–Crippen MR) is 60.0 cm³/mol. The zero-order chi connectivity index (χ0) is 11.4. The highest BCUT2D eigenvalue weighted by molar-refractivity contribution is 5.88. The number of fused-ring (bicyclic) bond motifs is 1. The van der Waals surface area contributed by atoms with Gasteiger partial charge < -0.3 is 5.73 Å². The smallest absolute Gasteiger partial charge is 0.130 e. The molecule has 4 heteroatoms. The van der Waals surface area contributed by atoms with Crippen LogP contribution >= 0.6 is 0 Å². The first-order chi connectivity index (χ1) is 7.20. The van der Waals surface area contributed by atoms with Gasteiger partial charge in [-0.1, -0.05) is 13.8 Å². The number of benzene rings is 1. The average molecular weight is 207 g/mol. The third-order valence-corrected chi connectivity index (χ3v) is 1.97. The molecule has 0 spiro atoms. The summed E-state index contributed by atoms with van der Waals surface area (Å²) < 4.78 is 13.2. The van der Waals surface area contributed by atoms with Gasteiger partial charge in [-0.3, -0.25) is 9.97 Å². The first-order valence-electron chi connectivity index (χ1n) is 4.85. The molecule has 2 rings (SSSR count). The Morgan fingerprint density at radius 1 is 1.13 bits per heavy atom. The highest BCUT2D eigenvalue weighted by atomic mass is 19.1. The number of anilines is 1. The number of aryl methyl sites for hydroxylation is 1. The lowest BCUT2D eigenvalue weighted by Crippen LogP contribution is -1.96. The molecule has 2 aromatic rings. The highest BCUT2D eigenvalue weighted by Gasteiger charge is 2.07. The molecule has 80 valence electrons. The molecule has 1 aromatic carbocycles. The molecule has 0 fully saturated rings. The summed E-state index contributed by atoms with van der Waals surface area (Å²) in [7, 11) is 0. The average Bonchev–Trinajstić information content (AvgIpc) is 2.29. The van der Waals surface area contributed by atoms with E-state index >= 15 is 0 Å². The number of hydrogen-bond donors (Lipinski definition) is 1. The molecule has 0 aliphatic rings. The minimum atomic E-state index is -0.342. The first-order valence-corrected chi connectivity index (χ1v) is 4.85. The molecule has 0 aliphatic heterocycles. The number of halogens is 1. The van der Waals surface area contributed by atoms with Gasteiger partial charge in [-0.05, 0) is 13.0 Å². The summed E-state index contributed by atoms with van der Waals surface area (Å²) in [5, 5.41) is 0. The Morgan fingerprint density at radius 2 is 1.67 bits per heavy atom. The van der Waals surface area contributed by atoms with Crippen LogP contribution in [0.3, 0.4) is 0 Å². The van der Waals surface area contributed by atoms with Crippen molar-refractivity contribution in [3.05, 3.63) is 29.8 Å². The quantitative estimate of drug-likeness (QED) is 0.676. The van der Waals surface area contributed by atoms with Gasteiger partial charge in [-0.25, -0.2) is 4.39 Å². The van der Waals surface area contributed by atoms with Gasteiger partial charge in [-0.2, -0.15) is 0 Å². The van der Waals surface area contributed by atoms with Crippen molar-refractivity contribution in [2.75, 3.05) is 5.73 Å². The summed E-state index contributed by atoms with van der Waals surface area (Å²) in [5.74, 6) is -0.342. The maximum Gasteiger partial charge on any atom is 0.130 e. The second kappa shape index (κ2) is 4.68. The van der Waals surface area contributed by atoms with E-state index in [1.54, 1.807) is 6.92 Å². The summed E-state index contributed by atoms with van der Waals surface area (Å²) in [5.41, 5.74) is 7.48. The van der Waals surface area contributed by atoms with Gasteiger partial charge in [0.05, 0.1) is 11.2 Å². The second-order valence-corrected chi connectivity index (χ2v) is 2.83. The molecule has 0 aliphatic carbocycles. The van der Waals surface area contributed by atoms with Crippen LogP contribution in [0.5, 0.6) is 0 Å². The van der Waals surface area contributed by atoms with E-state index in [0.717, 1.165) is 0 Å². The van der Waals surface area contributed by atoms with Crippen LogP contribution in [0.1, 0.15) is 19.4 Å². The standard InChI is InChI=1S/C9H8FN3.C2H6/c1-5-6(10)4-7(11)9-8(5)12-2-3-13-9;1-2/h2-4H,11H2,1H3;1-2H3. The number of hydrogen-bond acceptors (Lipinski definition) is 3. The van der Waals surface area contributed by atoms with E-state index in [9.17, 15) is 4.39 Å².